The summed E-state index contributed by atoms with van der Waals surface area (Å²) in [5.74, 6) is 0.584. The maximum absolute atomic E-state index is 14.2. The third-order valence-electron chi connectivity index (χ3n) is 5.37. The van der Waals surface area contributed by atoms with Gasteiger partial charge in [0.15, 0.2) is 0 Å². The van der Waals surface area contributed by atoms with Gasteiger partial charge in [0, 0.05) is 30.7 Å². The number of aromatic nitrogens is 5. The van der Waals surface area contributed by atoms with E-state index in [9.17, 15) is 4.39 Å². The molecule has 1 aliphatic rings. The smallest absolute Gasteiger partial charge is 0.244 e. The molecule has 0 amide bonds. The zero-order valence-electron chi connectivity index (χ0n) is 16.4. The quantitative estimate of drug-likeness (QED) is 0.497. The van der Waals surface area contributed by atoms with E-state index in [0.717, 1.165) is 38.0 Å². The third-order valence-corrected chi connectivity index (χ3v) is 5.37. The predicted molar refractivity (Wildman–Crippen MR) is 108 cm³/mol. The van der Waals surface area contributed by atoms with E-state index in [2.05, 4.69) is 25.0 Å². The number of halogens is 1. The van der Waals surface area contributed by atoms with Crippen LogP contribution >= 0.6 is 0 Å². The van der Waals surface area contributed by atoms with E-state index in [-0.39, 0.29) is 11.9 Å². The Bertz CT molecular complexity index is 1110. The number of rotatable bonds is 5. The van der Waals surface area contributed by atoms with E-state index in [0.29, 0.717) is 23.0 Å². The van der Waals surface area contributed by atoms with Crippen molar-refractivity contribution in [2.24, 2.45) is 0 Å². The number of pyridine rings is 1. The van der Waals surface area contributed by atoms with Crippen molar-refractivity contribution in [3.05, 3.63) is 78.7 Å². The van der Waals surface area contributed by atoms with E-state index in [1.165, 1.54) is 12.1 Å². The first-order valence-electron chi connectivity index (χ1n) is 10.0. The van der Waals surface area contributed by atoms with Crippen molar-refractivity contribution in [1.82, 2.24) is 29.6 Å². The summed E-state index contributed by atoms with van der Waals surface area (Å²) < 4.78 is 21.6. The van der Waals surface area contributed by atoms with Crippen LogP contribution in [-0.4, -0.2) is 36.1 Å². The number of hydrogen-bond donors (Lipinski definition) is 0. The lowest BCUT2D eigenvalue weighted by atomic mass is 10.0. The van der Waals surface area contributed by atoms with Crippen LogP contribution in [0, 0.1) is 5.82 Å². The largest absolute Gasteiger partial charge is 0.337 e. The Labute approximate surface area is 173 Å². The summed E-state index contributed by atoms with van der Waals surface area (Å²) in [6.07, 6.45) is 10.0. The molecule has 152 valence electrons. The van der Waals surface area contributed by atoms with Gasteiger partial charge in [-0.3, -0.25) is 9.88 Å². The van der Waals surface area contributed by atoms with E-state index in [4.69, 9.17) is 4.52 Å². The van der Waals surface area contributed by atoms with Crippen LogP contribution in [-0.2, 0) is 6.54 Å². The fourth-order valence-electron chi connectivity index (χ4n) is 3.91. The minimum absolute atomic E-state index is 0.0312. The van der Waals surface area contributed by atoms with Gasteiger partial charge in [-0.2, -0.15) is 4.98 Å². The van der Waals surface area contributed by atoms with Crippen LogP contribution < -0.4 is 0 Å². The van der Waals surface area contributed by atoms with Gasteiger partial charge in [0.25, 0.3) is 0 Å². The number of hydrogen-bond acceptors (Lipinski definition) is 6. The van der Waals surface area contributed by atoms with E-state index in [1.807, 2.05) is 24.3 Å². The van der Waals surface area contributed by atoms with Gasteiger partial charge in [-0.1, -0.05) is 17.6 Å². The maximum atomic E-state index is 14.2. The van der Waals surface area contributed by atoms with E-state index in [1.54, 1.807) is 29.5 Å². The number of piperidine rings is 1. The van der Waals surface area contributed by atoms with Crippen LogP contribution in [0.15, 0.2) is 65.8 Å². The second kappa shape index (κ2) is 8.16. The van der Waals surface area contributed by atoms with Gasteiger partial charge >= 0.3 is 0 Å². The molecular formula is C22H21FN6O. The minimum Gasteiger partial charge on any atom is -0.337 e. The molecule has 0 radical (unpaired) electrons. The molecule has 4 aromatic rings. The molecule has 5 rings (SSSR count). The van der Waals surface area contributed by atoms with Gasteiger partial charge in [-0.15, -0.1) is 0 Å². The molecule has 1 aromatic carbocycles. The normalized spacial score (nSPS) is 17.3. The van der Waals surface area contributed by atoms with Crippen LogP contribution in [0.4, 0.5) is 4.39 Å². The number of imidazole rings is 1. The van der Waals surface area contributed by atoms with Gasteiger partial charge in [-0.25, -0.2) is 9.37 Å². The first-order chi connectivity index (χ1) is 14.8. The highest BCUT2D eigenvalue weighted by Crippen LogP contribution is 2.32. The Kier molecular flexibility index (Phi) is 5.06. The fraction of sp³-hybridized carbons (Fsp3) is 0.273. The Morgan fingerprint density at radius 1 is 1.13 bits per heavy atom. The molecule has 0 spiro atoms. The van der Waals surface area contributed by atoms with Crippen molar-refractivity contribution in [2.75, 3.05) is 6.54 Å². The summed E-state index contributed by atoms with van der Waals surface area (Å²) in [6.45, 7) is 1.68. The zero-order chi connectivity index (χ0) is 20.3. The highest BCUT2D eigenvalue weighted by Gasteiger charge is 2.29. The number of nitrogens with zero attached hydrogens (tertiary/aromatic N) is 6. The highest BCUT2D eigenvalue weighted by molar-refractivity contribution is 5.59. The van der Waals surface area contributed by atoms with Crippen molar-refractivity contribution >= 4 is 0 Å². The van der Waals surface area contributed by atoms with Crippen molar-refractivity contribution in [3.8, 4) is 17.1 Å². The average Bonchev–Trinajstić information content (AvgIpc) is 3.47. The molecule has 0 saturated carbocycles. The van der Waals surface area contributed by atoms with E-state index >= 15 is 0 Å². The highest BCUT2D eigenvalue weighted by atomic mass is 19.1. The zero-order valence-corrected chi connectivity index (χ0v) is 16.4. The van der Waals surface area contributed by atoms with E-state index < -0.39 is 0 Å². The summed E-state index contributed by atoms with van der Waals surface area (Å²) >= 11 is 0. The molecule has 8 heteroatoms. The molecule has 0 aliphatic carbocycles. The maximum Gasteiger partial charge on any atom is 0.244 e. The van der Waals surface area contributed by atoms with Gasteiger partial charge < -0.3 is 9.09 Å². The molecule has 30 heavy (non-hydrogen) atoms. The molecule has 1 saturated heterocycles. The Morgan fingerprint density at radius 3 is 2.93 bits per heavy atom. The molecule has 4 heterocycles. The molecule has 1 fully saturated rings. The summed E-state index contributed by atoms with van der Waals surface area (Å²) in [5, 5.41) is 4.15. The van der Waals surface area contributed by atoms with Crippen LogP contribution in [0.5, 0.6) is 0 Å². The fourth-order valence-corrected chi connectivity index (χ4v) is 3.91. The van der Waals surface area contributed by atoms with Crippen LogP contribution in [0.1, 0.15) is 36.9 Å². The van der Waals surface area contributed by atoms with Gasteiger partial charge in [0.1, 0.15) is 5.82 Å². The lowest BCUT2D eigenvalue weighted by Gasteiger charge is -2.32. The van der Waals surface area contributed by atoms with Crippen molar-refractivity contribution in [1.29, 1.82) is 0 Å². The van der Waals surface area contributed by atoms with Crippen molar-refractivity contribution in [3.63, 3.8) is 0 Å². The first-order valence-corrected chi connectivity index (χ1v) is 10.0. The third kappa shape index (κ3) is 3.86. The van der Waals surface area contributed by atoms with Crippen LogP contribution in [0.25, 0.3) is 17.1 Å². The molecule has 3 aromatic heterocycles. The summed E-state index contributed by atoms with van der Waals surface area (Å²) in [4.78, 5) is 15.4. The molecule has 0 unspecified atom stereocenters. The Hall–Kier alpha value is -3.39. The monoisotopic (exact) mass is 404 g/mol. The van der Waals surface area contributed by atoms with Crippen LogP contribution in [0.3, 0.4) is 0 Å². The van der Waals surface area contributed by atoms with Gasteiger partial charge in [-0.05, 0) is 49.7 Å². The molecule has 1 aliphatic heterocycles. The lowest BCUT2D eigenvalue weighted by molar-refractivity contribution is 0.110. The summed E-state index contributed by atoms with van der Waals surface area (Å²) in [6, 6.07) is 10.7. The molecule has 1 atom stereocenters. The SMILES string of the molecule is Fc1cc(-c2noc([C@H]3CCCCN3Cc3ccccn3)n2)cc(-n2ccnc2)c1. The number of benzene rings is 1. The first kappa shape index (κ1) is 18.6. The Balaban J connectivity index is 1.42. The van der Waals surface area contributed by atoms with Gasteiger partial charge in [0.2, 0.25) is 11.7 Å². The molecule has 0 N–H and O–H groups in total. The lowest BCUT2D eigenvalue weighted by Crippen LogP contribution is -2.33. The predicted octanol–water partition coefficient (Wildman–Crippen LogP) is 4.18. The van der Waals surface area contributed by atoms with Crippen molar-refractivity contribution in [2.45, 2.75) is 31.8 Å². The minimum atomic E-state index is -0.364. The van der Waals surface area contributed by atoms with Crippen molar-refractivity contribution < 1.29 is 8.91 Å². The van der Waals surface area contributed by atoms with Crippen LogP contribution in [0.2, 0.25) is 0 Å². The molecule has 0 bridgehead atoms. The average molecular weight is 404 g/mol. The second-order valence-corrected chi connectivity index (χ2v) is 7.43. The molecular weight excluding hydrogens is 383 g/mol. The molecule has 7 nitrogen and oxygen atoms in total. The topological polar surface area (TPSA) is 72.9 Å². The number of likely N-dealkylation sites (tertiary alicyclic amines) is 1. The Morgan fingerprint density at radius 2 is 2.10 bits per heavy atom. The summed E-state index contributed by atoms with van der Waals surface area (Å²) in [5.41, 5.74) is 2.24. The van der Waals surface area contributed by atoms with Gasteiger partial charge in [0.05, 0.1) is 23.8 Å². The summed E-state index contributed by atoms with van der Waals surface area (Å²) in [7, 11) is 0. The standard InChI is InChI=1S/C22H21FN6O/c23-17-11-16(12-19(13-17)29-10-8-24-15-29)21-26-22(30-27-21)20-6-2-4-9-28(20)14-18-5-1-3-7-25-18/h1,3,5,7-8,10-13,15,20H,2,4,6,9,14H2/t20-/m1/s1. The second-order valence-electron chi connectivity index (χ2n) is 7.43.